The van der Waals surface area contributed by atoms with Crippen LogP contribution in [0.5, 0.6) is 0 Å². The minimum Gasteiger partial charge on any atom is -0.344 e. The van der Waals surface area contributed by atoms with Crippen LogP contribution in [0.25, 0.3) is 10.9 Å². The Balaban J connectivity index is 1.55. The molecule has 0 spiro atoms. The molecule has 0 N–H and O–H groups in total. The lowest BCUT2D eigenvalue weighted by molar-refractivity contribution is 0.0978. The zero-order valence-electron chi connectivity index (χ0n) is 15.3. The SMILES string of the molecule is CN1CCc2c(c3cc(F)ccc3n2CCCC(=O)c2ccc(F)cc2)C1. The van der Waals surface area contributed by atoms with Crippen molar-refractivity contribution in [2.24, 2.45) is 0 Å². The predicted octanol–water partition coefficient (Wildman–Crippen LogP) is 4.57. The summed E-state index contributed by atoms with van der Waals surface area (Å²) in [6.45, 7) is 2.51. The van der Waals surface area contributed by atoms with Crippen LogP contribution in [-0.2, 0) is 19.5 Å². The highest BCUT2D eigenvalue weighted by molar-refractivity contribution is 5.96. The van der Waals surface area contributed by atoms with Gasteiger partial charge >= 0.3 is 0 Å². The fraction of sp³-hybridized carbons (Fsp3) is 0.318. The molecule has 0 fully saturated rings. The normalized spacial score (nSPS) is 14.5. The van der Waals surface area contributed by atoms with Crippen LogP contribution in [0.15, 0.2) is 42.5 Å². The summed E-state index contributed by atoms with van der Waals surface area (Å²) >= 11 is 0. The topological polar surface area (TPSA) is 25.2 Å². The number of likely N-dealkylation sites (N-methyl/N-ethyl adjacent to an activating group) is 1. The van der Waals surface area contributed by atoms with E-state index >= 15 is 0 Å². The first kappa shape index (κ1) is 17.9. The number of nitrogens with zero attached hydrogens (tertiary/aromatic N) is 2. The number of halogens is 2. The first-order valence-corrected chi connectivity index (χ1v) is 9.30. The van der Waals surface area contributed by atoms with E-state index in [0.717, 1.165) is 30.4 Å². The van der Waals surface area contributed by atoms with E-state index in [9.17, 15) is 13.6 Å². The van der Waals surface area contributed by atoms with Gasteiger partial charge < -0.3 is 9.47 Å². The molecule has 27 heavy (non-hydrogen) atoms. The molecule has 140 valence electrons. The molecule has 3 aromatic rings. The third-order valence-corrected chi connectivity index (χ3v) is 5.36. The van der Waals surface area contributed by atoms with E-state index in [1.807, 2.05) is 6.07 Å². The molecule has 0 amide bonds. The Labute approximate surface area is 157 Å². The molecule has 0 radical (unpaired) electrons. The summed E-state index contributed by atoms with van der Waals surface area (Å²) in [5, 5.41) is 0.974. The van der Waals surface area contributed by atoms with Gasteiger partial charge in [0.2, 0.25) is 0 Å². The molecular weight excluding hydrogens is 346 g/mol. The fourth-order valence-corrected chi connectivity index (χ4v) is 3.99. The number of fused-ring (bicyclic) bond motifs is 3. The number of ketones is 1. The number of hydrogen-bond donors (Lipinski definition) is 0. The van der Waals surface area contributed by atoms with Gasteiger partial charge in [-0.15, -0.1) is 0 Å². The molecule has 0 saturated heterocycles. The zero-order valence-corrected chi connectivity index (χ0v) is 15.3. The molecule has 3 nitrogen and oxygen atoms in total. The molecule has 1 aliphatic heterocycles. The van der Waals surface area contributed by atoms with Crippen molar-refractivity contribution in [2.75, 3.05) is 13.6 Å². The molecule has 0 aliphatic carbocycles. The average Bonchev–Trinajstić information content (AvgIpc) is 2.95. The second-order valence-corrected chi connectivity index (χ2v) is 7.26. The molecule has 0 atom stereocenters. The lowest BCUT2D eigenvalue weighted by Gasteiger charge is -2.24. The van der Waals surface area contributed by atoms with E-state index in [-0.39, 0.29) is 17.4 Å². The van der Waals surface area contributed by atoms with E-state index in [1.54, 1.807) is 6.07 Å². The van der Waals surface area contributed by atoms with Gasteiger partial charge in [0.05, 0.1) is 0 Å². The molecule has 1 aliphatic rings. The van der Waals surface area contributed by atoms with Crippen LogP contribution in [0, 0.1) is 11.6 Å². The summed E-state index contributed by atoms with van der Waals surface area (Å²) in [5.74, 6) is -0.539. The number of carbonyl (C=O) groups is 1. The molecule has 5 heteroatoms. The molecule has 0 unspecified atom stereocenters. The summed E-state index contributed by atoms with van der Waals surface area (Å²) in [7, 11) is 2.08. The van der Waals surface area contributed by atoms with Crippen LogP contribution in [0.4, 0.5) is 8.78 Å². The minimum absolute atomic E-state index is 0.0195. The first-order valence-electron chi connectivity index (χ1n) is 9.30. The molecule has 1 aromatic heterocycles. The molecule has 2 aromatic carbocycles. The number of carbonyl (C=O) groups excluding carboxylic acids is 1. The lowest BCUT2D eigenvalue weighted by Crippen LogP contribution is -2.27. The third-order valence-electron chi connectivity index (χ3n) is 5.36. The highest BCUT2D eigenvalue weighted by atomic mass is 19.1. The van der Waals surface area contributed by atoms with Crippen LogP contribution in [0.3, 0.4) is 0 Å². The smallest absolute Gasteiger partial charge is 0.162 e. The van der Waals surface area contributed by atoms with Crippen molar-refractivity contribution in [1.29, 1.82) is 0 Å². The number of hydrogen-bond acceptors (Lipinski definition) is 2. The lowest BCUT2D eigenvalue weighted by atomic mass is 10.0. The monoisotopic (exact) mass is 368 g/mol. The van der Waals surface area contributed by atoms with Gasteiger partial charge in [0.15, 0.2) is 5.78 Å². The Hall–Kier alpha value is -2.53. The Morgan fingerprint density at radius 2 is 1.81 bits per heavy atom. The van der Waals surface area contributed by atoms with Gasteiger partial charge in [-0.3, -0.25) is 4.79 Å². The molecular formula is C22H22F2N2O. The van der Waals surface area contributed by atoms with Crippen LogP contribution < -0.4 is 0 Å². The Morgan fingerprint density at radius 3 is 2.59 bits per heavy atom. The third kappa shape index (κ3) is 3.52. The second kappa shape index (κ2) is 7.24. The van der Waals surface area contributed by atoms with Gasteiger partial charge in [-0.25, -0.2) is 8.78 Å². The van der Waals surface area contributed by atoms with Crippen LogP contribution >= 0.6 is 0 Å². The molecule has 0 saturated carbocycles. The summed E-state index contributed by atoms with van der Waals surface area (Å²) in [4.78, 5) is 14.6. The van der Waals surface area contributed by atoms with Crippen molar-refractivity contribution in [3.8, 4) is 0 Å². The number of benzene rings is 2. The van der Waals surface area contributed by atoms with E-state index in [4.69, 9.17) is 0 Å². The first-order chi connectivity index (χ1) is 13.0. The van der Waals surface area contributed by atoms with E-state index in [1.165, 1.54) is 41.6 Å². The van der Waals surface area contributed by atoms with E-state index in [2.05, 4.69) is 16.5 Å². The van der Waals surface area contributed by atoms with Gasteiger partial charge in [-0.05, 0) is 61.5 Å². The average molecular weight is 368 g/mol. The van der Waals surface area contributed by atoms with Crippen LogP contribution in [0.2, 0.25) is 0 Å². The van der Waals surface area contributed by atoms with Crippen molar-refractivity contribution in [1.82, 2.24) is 9.47 Å². The van der Waals surface area contributed by atoms with Crippen molar-refractivity contribution in [3.05, 3.63) is 70.9 Å². The summed E-state index contributed by atoms with van der Waals surface area (Å²) in [5.41, 5.74) is 4.02. The van der Waals surface area contributed by atoms with Crippen molar-refractivity contribution >= 4 is 16.7 Å². The Bertz CT molecular complexity index is 992. The zero-order chi connectivity index (χ0) is 19.0. The van der Waals surface area contributed by atoms with Gasteiger partial charge in [0.25, 0.3) is 0 Å². The highest BCUT2D eigenvalue weighted by Gasteiger charge is 2.22. The largest absolute Gasteiger partial charge is 0.344 e. The Kier molecular flexibility index (Phi) is 4.79. The molecule has 4 rings (SSSR count). The highest BCUT2D eigenvalue weighted by Crippen LogP contribution is 2.31. The molecule has 2 heterocycles. The minimum atomic E-state index is -0.339. The van der Waals surface area contributed by atoms with E-state index in [0.29, 0.717) is 24.9 Å². The number of aryl methyl sites for hydroxylation is 1. The van der Waals surface area contributed by atoms with Crippen molar-refractivity contribution in [3.63, 3.8) is 0 Å². The van der Waals surface area contributed by atoms with Gasteiger partial charge in [0.1, 0.15) is 11.6 Å². The van der Waals surface area contributed by atoms with Gasteiger partial charge in [0, 0.05) is 54.6 Å². The fourth-order valence-electron chi connectivity index (χ4n) is 3.99. The summed E-state index contributed by atoms with van der Waals surface area (Å²) in [6, 6.07) is 10.6. The maximum atomic E-state index is 13.8. The molecule has 0 bridgehead atoms. The predicted molar refractivity (Wildman–Crippen MR) is 102 cm³/mol. The van der Waals surface area contributed by atoms with Crippen molar-refractivity contribution in [2.45, 2.75) is 32.4 Å². The standard InChI is InChI=1S/C22H22F2N2O/c1-25-12-10-21-19(14-25)18-13-17(24)8-9-20(18)26(21)11-2-3-22(27)15-4-6-16(23)7-5-15/h4-9,13H,2-3,10-12,14H2,1H3. The number of aromatic nitrogens is 1. The van der Waals surface area contributed by atoms with Crippen LogP contribution in [-0.4, -0.2) is 28.8 Å². The van der Waals surface area contributed by atoms with Gasteiger partial charge in [-0.1, -0.05) is 0 Å². The number of rotatable bonds is 5. The van der Waals surface area contributed by atoms with Crippen LogP contribution in [0.1, 0.15) is 34.5 Å². The Morgan fingerprint density at radius 1 is 1.07 bits per heavy atom. The summed E-state index contributed by atoms with van der Waals surface area (Å²) < 4.78 is 29.0. The quantitative estimate of drug-likeness (QED) is 0.617. The second-order valence-electron chi connectivity index (χ2n) is 7.26. The maximum absolute atomic E-state index is 13.8. The van der Waals surface area contributed by atoms with E-state index < -0.39 is 0 Å². The van der Waals surface area contributed by atoms with Gasteiger partial charge in [-0.2, -0.15) is 0 Å². The maximum Gasteiger partial charge on any atom is 0.162 e. The number of Topliss-reactive ketones (excluding diaryl/α,β-unsaturated/α-hetero) is 1. The van der Waals surface area contributed by atoms with Crippen molar-refractivity contribution < 1.29 is 13.6 Å². The summed E-state index contributed by atoms with van der Waals surface area (Å²) in [6.07, 6.45) is 2.02.